The van der Waals surface area contributed by atoms with E-state index in [0.717, 1.165) is 62.5 Å². The standard InChI is InChI=1S/C26H32N6O3/c1-4-30-10-12-31(13-11-30)18-8-9-20(16(3)14-18)28-24(33)19-15-21(17-6-7-17)27-23-22(19)25(34)29-26(35)32(23)5-2/h8-9,14-15,17H,4-7,10-13H2,1-3H3,(H,28,33)(H,29,34,35). The molecule has 2 N–H and O–H groups in total. The molecule has 1 saturated heterocycles. The minimum Gasteiger partial charge on any atom is -0.369 e. The van der Waals surface area contributed by atoms with Crippen molar-refractivity contribution in [1.29, 1.82) is 0 Å². The molecule has 9 heteroatoms. The molecule has 1 aromatic carbocycles. The number of aromatic nitrogens is 3. The number of aromatic amines is 1. The molecule has 0 unspecified atom stereocenters. The Hall–Kier alpha value is -3.46. The summed E-state index contributed by atoms with van der Waals surface area (Å²) in [6, 6.07) is 7.77. The maximum Gasteiger partial charge on any atom is 0.329 e. The second-order valence-electron chi connectivity index (χ2n) is 9.45. The Balaban J connectivity index is 1.47. The van der Waals surface area contributed by atoms with Crippen molar-refractivity contribution in [1.82, 2.24) is 19.4 Å². The van der Waals surface area contributed by atoms with Crippen LogP contribution in [0.3, 0.4) is 0 Å². The molecule has 1 amide bonds. The molecule has 0 radical (unpaired) electrons. The van der Waals surface area contributed by atoms with Crippen molar-refractivity contribution < 1.29 is 4.79 Å². The molecule has 0 atom stereocenters. The van der Waals surface area contributed by atoms with E-state index in [0.29, 0.717) is 12.2 Å². The number of aryl methyl sites for hydroxylation is 2. The van der Waals surface area contributed by atoms with Crippen molar-refractivity contribution in [2.45, 2.75) is 46.1 Å². The largest absolute Gasteiger partial charge is 0.369 e. The van der Waals surface area contributed by atoms with Crippen LogP contribution in [0.2, 0.25) is 0 Å². The summed E-state index contributed by atoms with van der Waals surface area (Å²) in [6.07, 6.45) is 1.98. The van der Waals surface area contributed by atoms with Gasteiger partial charge in [0.2, 0.25) is 0 Å². The predicted octanol–water partition coefficient (Wildman–Crippen LogP) is 2.68. The lowest BCUT2D eigenvalue weighted by Gasteiger charge is -2.35. The van der Waals surface area contributed by atoms with E-state index >= 15 is 0 Å². The fraction of sp³-hybridized carbons (Fsp3) is 0.462. The number of pyridine rings is 1. The number of carbonyl (C=O) groups excluding carboxylic acids is 1. The van der Waals surface area contributed by atoms with Gasteiger partial charge in [-0.1, -0.05) is 6.92 Å². The van der Waals surface area contributed by atoms with Crippen LogP contribution in [0, 0.1) is 6.92 Å². The average Bonchev–Trinajstić information content (AvgIpc) is 3.70. The number of likely N-dealkylation sites (N-methyl/N-ethyl adjacent to an activating group) is 1. The first-order chi connectivity index (χ1) is 16.9. The van der Waals surface area contributed by atoms with Gasteiger partial charge in [0.1, 0.15) is 0 Å². The van der Waals surface area contributed by atoms with Crippen LogP contribution in [-0.2, 0) is 6.54 Å². The summed E-state index contributed by atoms with van der Waals surface area (Å²) in [5, 5.41) is 3.15. The van der Waals surface area contributed by atoms with Crippen molar-refractivity contribution in [2.75, 3.05) is 42.9 Å². The first-order valence-electron chi connectivity index (χ1n) is 12.5. The number of hydrogen-bond acceptors (Lipinski definition) is 6. The molecule has 1 aliphatic heterocycles. The number of piperazine rings is 1. The molecule has 3 heterocycles. The van der Waals surface area contributed by atoms with Crippen molar-refractivity contribution in [2.24, 2.45) is 0 Å². The van der Waals surface area contributed by atoms with Gasteiger partial charge in [0.15, 0.2) is 5.65 Å². The highest BCUT2D eigenvalue weighted by molar-refractivity contribution is 6.12. The molecular weight excluding hydrogens is 444 g/mol. The number of hydrogen-bond donors (Lipinski definition) is 2. The third-order valence-corrected chi connectivity index (χ3v) is 7.17. The van der Waals surface area contributed by atoms with E-state index in [4.69, 9.17) is 0 Å². The molecule has 35 heavy (non-hydrogen) atoms. The molecular formula is C26H32N6O3. The zero-order valence-electron chi connectivity index (χ0n) is 20.6. The van der Waals surface area contributed by atoms with Gasteiger partial charge < -0.3 is 15.1 Å². The second-order valence-corrected chi connectivity index (χ2v) is 9.45. The normalized spacial score (nSPS) is 16.6. The molecule has 1 saturated carbocycles. The topological polar surface area (TPSA) is 103 Å². The van der Waals surface area contributed by atoms with E-state index in [9.17, 15) is 14.4 Å². The van der Waals surface area contributed by atoms with Crippen molar-refractivity contribution in [3.63, 3.8) is 0 Å². The summed E-state index contributed by atoms with van der Waals surface area (Å²) >= 11 is 0. The number of nitrogens with one attached hydrogen (secondary N) is 2. The van der Waals surface area contributed by atoms with Crippen LogP contribution in [0.25, 0.3) is 11.0 Å². The van der Waals surface area contributed by atoms with Gasteiger partial charge in [-0.3, -0.25) is 19.1 Å². The maximum atomic E-state index is 13.5. The number of H-pyrrole nitrogens is 1. The van der Waals surface area contributed by atoms with Gasteiger partial charge in [0, 0.05) is 55.7 Å². The highest BCUT2D eigenvalue weighted by Crippen LogP contribution is 2.40. The van der Waals surface area contributed by atoms with Crippen LogP contribution in [0.1, 0.15) is 54.2 Å². The first kappa shape index (κ1) is 23.3. The summed E-state index contributed by atoms with van der Waals surface area (Å²) in [4.78, 5) is 50.4. The van der Waals surface area contributed by atoms with E-state index in [1.165, 1.54) is 4.57 Å². The summed E-state index contributed by atoms with van der Waals surface area (Å²) in [6.45, 7) is 11.4. The van der Waals surface area contributed by atoms with E-state index in [1.54, 1.807) is 6.07 Å². The lowest BCUT2D eigenvalue weighted by Crippen LogP contribution is -2.46. The number of fused-ring (bicyclic) bond motifs is 1. The number of rotatable bonds is 6. The second kappa shape index (κ2) is 9.30. The van der Waals surface area contributed by atoms with Crippen LogP contribution in [-0.4, -0.2) is 58.1 Å². The number of benzene rings is 1. The first-order valence-corrected chi connectivity index (χ1v) is 12.5. The van der Waals surface area contributed by atoms with Crippen molar-refractivity contribution in [3.8, 4) is 0 Å². The predicted molar refractivity (Wildman–Crippen MR) is 138 cm³/mol. The van der Waals surface area contributed by atoms with Gasteiger partial charge in [-0.15, -0.1) is 0 Å². The van der Waals surface area contributed by atoms with Gasteiger partial charge in [0.25, 0.3) is 11.5 Å². The molecule has 5 rings (SSSR count). The number of nitrogens with zero attached hydrogens (tertiary/aromatic N) is 4. The van der Waals surface area contributed by atoms with Crippen LogP contribution < -0.4 is 21.5 Å². The van der Waals surface area contributed by atoms with Crippen LogP contribution in [0.4, 0.5) is 11.4 Å². The molecule has 2 aliphatic rings. The van der Waals surface area contributed by atoms with Crippen LogP contribution >= 0.6 is 0 Å². The molecule has 1 aliphatic carbocycles. The van der Waals surface area contributed by atoms with E-state index in [2.05, 4.69) is 38.1 Å². The quantitative estimate of drug-likeness (QED) is 0.567. The van der Waals surface area contributed by atoms with Crippen molar-refractivity contribution >= 4 is 28.3 Å². The van der Waals surface area contributed by atoms with E-state index < -0.39 is 11.2 Å². The average molecular weight is 477 g/mol. The SMILES string of the molecule is CCN1CCN(c2ccc(NC(=O)c3cc(C4CC4)nc4c3c(=O)[nH]c(=O)n4CC)c(C)c2)CC1. The summed E-state index contributed by atoms with van der Waals surface area (Å²) in [7, 11) is 0. The van der Waals surface area contributed by atoms with Gasteiger partial charge in [-0.25, -0.2) is 9.78 Å². The van der Waals surface area contributed by atoms with Gasteiger partial charge in [-0.05, 0) is 63.1 Å². The minimum absolute atomic E-state index is 0.149. The third kappa shape index (κ3) is 4.48. The molecule has 9 nitrogen and oxygen atoms in total. The molecule has 184 valence electrons. The van der Waals surface area contributed by atoms with E-state index in [1.807, 2.05) is 26.0 Å². The number of carbonyl (C=O) groups is 1. The van der Waals surface area contributed by atoms with Crippen molar-refractivity contribution in [3.05, 3.63) is 61.9 Å². The fourth-order valence-electron chi connectivity index (χ4n) is 4.85. The van der Waals surface area contributed by atoms with Crippen LogP contribution in [0.15, 0.2) is 33.9 Å². The fourth-order valence-corrected chi connectivity index (χ4v) is 4.85. The zero-order valence-corrected chi connectivity index (χ0v) is 20.6. The highest BCUT2D eigenvalue weighted by Gasteiger charge is 2.29. The van der Waals surface area contributed by atoms with Crippen LogP contribution in [0.5, 0.6) is 0 Å². The summed E-state index contributed by atoms with van der Waals surface area (Å²) < 4.78 is 1.41. The Kier molecular flexibility index (Phi) is 6.19. The zero-order chi connectivity index (χ0) is 24.7. The lowest BCUT2D eigenvalue weighted by molar-refractivity contribution is 0.102. The number of amides is 1. The third-order valence-electron chi connectivity index (χ3n) is 7.17. The minimum atomic E-state index is -0.590. The van der Waals surface area contributed by atoms with Gasteiger partial charge >= 0.3 is 5.69 Å². The molecule has 2 aromatic heterocycles. The Bertz CT molecular complexity index is 1400. The van der Waals surface area contributed by atoms with Gasteiger partial charge in [0.05, 0.1) is 10.9 Å². The Morgan fingerprint density at radius 1 is 1.09 bits per heavy atom. The lowest BCUT2D eigenvalue weighted by atomic mass is 10.1. The highest BCUT2D eigenvalue weighted by atomic mass is 16.2. The van der Waals surface area contributed by atoms with E-state index in [-0.39, 0.29) is 28.4 Å². The Morgan fingerprint density at radius 3 is 2.46 bits per heavy atom. The molecule has 2 fully saturated rings. The summed E-state index contributed by atoms with van der Waals surface area (Å²) in [5.74, 6) is -0.113. The summed E-state index contributed by atoms with van der Waals surface area (Å²) in [5.41, 5.74) is 2.97. The van der Waals surface area contributed by atoms with Gasteiger partial charge in [-0.2, -0.15) is 0 Å². The Morgan fingerprint density at radius 2 is 1.83 bits per heavy atom. The Labute approximate surface area is 203 Å². The monoisotopic (exact) mass is 476 g/mol. The number of anilines is 2. The molecule has 0 spiro atoms. The molecule has 0 bridgehead atoms. The maximum absolute atomic E-state index is 13.5. The molecule has 3 aromatic rings. The smallest absolute Gasteiger partial charge is 0.329 e.